The van der Waals surface area contributed by atoms with Crippen LogP contribution in [0.15, 0.2) is 23.3 Å². The van der Waals surface area contributed by atoms with Gasteiger partial charge < -0.3 is 15.0 Å². The van der Waals surface area contributed by atoms with Gasteiger partial charge in [-0.2, -0.15) is 0 Å². The molecule has 1 aromatic carbocycles. The lowest BCUT2D eigenvalue weighted by Gasteiger charge is -2.14. The number of aromatic nitrogens is 2. The molecule has 21 heavy (non-hydrogen) atoms. The summed E-state index contributed by atoms with van der Waals surface area (Å²) in [7, 11) is 0. The SMILES string of the molecule is C[C@@H]1OCC[C@H]1C(=O)Nc1cc2c(=O)[nH]cnc2cc1F. The van der Waals surface area contributed by atoms with Crippen molar-refractivity contribution in [1.29, 1.82) is 0 Å². The zero-order valence-corrected chi connectivity index (χ0v) is 11.4. The molecule has 1 fully saturated rings. The topological polar surface area (TPSA) is 84.1 Å². The number of fused-ring (bicyclic) bond motifs is 1. The lowest BCUT2D eigenvalue weighted by Crippen LogP contribution is -2.28. The summed E-state index contributed by atoms with van der Waals surface area (Å²) in [5, 5.41) is 2.75. The number of rotatable bonds is 2. The highest BCUT2D eigenvalue weighted by Crippen LogP contribution is 2.24. The van der Waals surface area contributed by atoms with Gasteiger partial charge in [0.2, 0.25) is 5.91 Å². The Morgan fingerprint density at radius 1 is 1.52 bits per heavy atom. The van der Waals surface area contributed by atoms with Crippen molar-refractivity contribution in [3.8, 4) is 0 Å². The number of nitrogens with zero attached hydrogens (tertiary/aromatic N) is 1. The van der Waals surface area contributed by atoms with Crippen LogP contribution in [0.1, 0.15) is 13.3 Å². The minimum Gasteiger partial charge on any atom is -0.378 e. The molecule has 2 N–H and O–H groups in total. The summed E-state index contributed by atoms with van der Waals surface area (Å²) in [5.41, 5.74) is -0.162. The van der Waals surface area contributed by atoms with Gasteiger partial charge in [-0.25, -0.2) is 9.37 Å². The molecule has 110 valence electrons. The lowest BCUT2D eigenvalue weighted by molar-refractivity contribution is -0.121. The number of aromatic amines is 1. The van der Waals surface area contributed by atoms with Crippen LogP contribution < -0.4 is 10.9 Å². The first-order valence-electron chi connectivity index (χ1n) is 6.65. The van der Waals surface area contributed by atoms with Crippen LogP contribution in [0, 0.1) is 11.7 Å². The molecule has 0 radical (unpaired) electrons. The predicted octanol–water partition coefficient (Wildman–Crippen LogP) is 1.43. The minimum absolute atomic E-state index is 0.0231. The fourth-order valence-corrected chi connectivity index (χ4v) is 2.49. The van der Waals surface area contributed by atoms with E-state index >= 15 is 0 Å². The van der Waals surface area contributed by atoms with E-state index in [-0.39, 0.29) is 40.1 Å². The largest absolute Gasteiger partial charge is 0.378 e. The number of H-pyrrole nitrogens is 1. The summed E-state index contributed by atoms with van der Waals surface area (Å²) < 4.78 is 19.3. The fourth-order valence-electron chi connectivity index (χ4n) is 2.49. The first-order valence-corrected chi connectivity index (χ1v) is 6.65. The molecule has 1 saturated heterocycles. The van der Waals surface area contributed by atoms with E-state index in [1.807, 2.05) is 6.92 Å². The Labute approximate surface area is 119 Å². The van der Waals surface area contributed by atoms with Gasteiger partial charge in [0.05, 0.1) is 34.9 Å². The van der Waals surface area contributed by atoms with E-state index in [0.717, 1.165) is 6.07 Å². The number of anilines is 1. The third-order valence-corrected chi connectivity index (χ3v) is 3.70. The number of halogens is 1. The van der Waals surface area contributed by atoms with Gasteiger partial charge in [-0.15, -0.1) is 0 Å². The van der Waals surface area contributed by atoms with Crippen molar-refractivity contribution in [2.45, 2.75) is 19.4 Å². The predicted molar refractivity (Wildman–Crippen MR) is 74.5 cm³/mol. The molecule has 1 aromatic heterocycles. The molecule has 0 aliphatic carbocycles. The van der Waals surface area contributed by atoms with Crippen molar-refractivity contribution >= 4 is 22.5 Å². The van der Waals surface area contributed by atoms with E-state index in [0.29, 0.717) is 13.0 Å². The Balaban J connectivity index is 1.93. The second kappa shape index (κ2) is 5.25. The van der Waals surface area contributed by atoms with E-state index in [1.165, 1.54) is 12.4 Å². The monoisotopic (exact) mass is 291 g/mol. The Kier molecular flexibility index (Phi) is 3.42. The molecule has 6 nitrogen and oxygen atoms in total. The molecule has 7 heteroatoms. The number of hydrogen-bond donors (Lipinski definition) is 2. The lowest BCUT2D eigenvalue weighted by atomic mass is 10.0. The summed E-state index contributed by atoms with van der Waals surface area (Å²) in [6.07, 6.45) is 1.61. The Bertz CT molecular complexity index is 759. The minimum atomic E-state index is -0.625. The normalized spacial score (nSPS) is 21.6. The second-order valence-corrected chi connectivity index (χ2v) is 5.04. The molecule has 0 spiro atoms. The highest BCUT2D eigenvalue weighted by atomic mass is 19.1. The van der Waals surface area contributed by atoms with Crippen LogP contribution >= 0.6 is 0 Å². The van der Waals surface area contributed by atoms with E-state index in [1.54, 1.807) is 0 Å². The summed E-state index contributed by atoms with van der Waals surface area (Å²) in [4.78, 5) is 30.1. The van der Waals surface area contributed by atoms with Gasteiger partial charge in [0.1, 0.15) is 5.82 Å². The van der Waals surface area contributed by atoms with Crippen LogP contribution in [-0.2, 0) is 9.53 Å². The van der Waals surface area contributed by atoms with Crippen molar-refractivity contribution in [2.24, 2.45) is 5.92 Å². The number of benzene rings is 1. The van der Waals surface area contributed by atoms with Gasteiger partial charge in [-0.3, -0.25) is 9.59 Å². The maximum atomic E-state index is 14.0. The van der Waals surface area contributed by atoms with Gasteiger partial charge in [-0.1, -0.05) is 0 Å². The fraction of sp³-hybridized carbons (Fsp3) is 0.357. The van der Waals surface area contributed by atoms with Crippen molar-refractivity contribution in [3.63, 3.8) is 0 Å². The Morgan fingerprint density at radius 3 is 3.05 bits per heavy atom. The maximum absolute atomic E-state index is 14.0. The first kappa shape index (κ1) is 13.7. The molecule has 0 bridgehead atoms. The molecule has 1 aliphatic heterocycles. The number of ether oxygens (including phenoxy) is 1. The second-order valence-electron chi connectivity index (χ2n) is 5.04. The van der Waals surface area contributed by atoms with Crippen molar-refractivity contribution in [3.05, 3.63) is 34.6 Å². The number of hydrogen-bond acceptors (Lipinski definition) is 4. The third-order valence-electron chi connectivity index (χ3n) is 3.70. The van der Waals surface area contributed by atoms with Crippen LogP contribution in [0.2, 0.25) is 0 Å². The molecule has 2 heterocycles. The highest BCUT2D eigenvalue weighted by molar-refractivity contribution is 5.95. The van der Waals surface area contributed by atoms with Crippen molar-refractivity contribution < 1.29 is 13.9 Å². The quantitative estimate of drug-likeness (QED) is 0.876. The number of carbonyl (C=O) groups excluding carboxylic acids is 1. The molecule has 3 rings (SSSR count). The molecule has 1 amide bonds. The average molecular weight is 291 g/mol. The van der Waals surface area contributed by atoms with Crippen LogP contribution in [0.3, 0.4) is 0 Å². The van der Waals surface area contributed by atoms with Crippen LogP contribution in [0.4, 0.5) is 10.1 Å². The van der Waals surface area contributed by atoms with E-state index < -0.39 is 5.82 Å². The van der Waals surface area contributed by atoms with Crippen LogP contribution in [-0.4, -0.2) is 28.6 Å². The smallest absolute Gasteiger partial charge is 0.258 e. The first-order chi connectivity index (χ1) is 10.1. The van der Waals surface area contributed by atoms with Crippen LogP contribution in [0.5, 0.6) is 0 Å². The molecule has 2 aromatic rings. The van der Waals surface area contributed by atoms with Crippen LogP contribution in [0.25, 0.3) is 10.9 Å². The molecule has 0 unspecified atom stereocenters. The summed E-state index contributed by atoms with van der Waals surface area (Å²) in [5.74, 6) is -1.24. The third kappa shape index (κ3) is 2.52. The summed E-state index contributed by atoms with van der Waals surface area (Å²) in [6, 6.07) is 2.43. The van der Waals surface area contributed by atoms with Gasteiger partial charge >= 0.3 is 0 Å². The van der Waals surface area contributed by atoms with Crippen molar-refractivity contribution in [1.82, 2.24) is 9.97 Å². The standard InChI is InChI=1S/C14H14FN3O3/c1-7-8(2-3-21-7)14(20)18-12-4-9-11(5-10(12)15)16-6-17-13(9)19/h4-8H,2-3H2,1H3,(H,18,20)(H,16,17,19)/t7-,8+/m0/s1. The van der Waals surface area contributed by atoms with Gasteiger partial charge in [0.25, 0.3) is 5.56 Å². The molecule has 2 atom stereocenters. The Morgan fingerprint density at radius 2 is 2.33 bits per heavy atom. The average Bonchev–Trinajstić information content (AvgIpc) is 2.87. The van der Waals surface area contributed by atoms with Gasteiger partial charge in [0.15, 0.2) is 0 Å². The molecule has 1 aliphatic rings. The van der Waals surface area contributed by atoms with Crippen molar-refractivity contribution in [2.75, 3.05) is 11.9 Å². The summed E-state index contributed by atoms with van der Waals surface area (Å²) >= 11 is 0. The Hall–Kier alpha value is -2.28. The maximum Gasteiger partial charge on any atom is 0.258 e. The zero-order chi connectivity index (χ0) is 15.0. The molecular weight excluding hydrogens is 277 g/mol. The highest BCUT2D eigenvalue weighted by Gasteiger charge is 2.31. The number of carbonyl (C=O) groups is 1. The van der Waals surface area contributed by atoms with E-state index in [2.05, 4.69) is 15.3 Å². The summed E-state index contributed by atoms with van der Waals surface area (Å²) in [6.45, 7) is 2.33. The van der Waals surface area contributed by atoms with E-state index in [9.17, 15) is 14.0 Å². The number of nitrogens with one attached hydrogen (secondary N) is 2. The van der Waals surface area contributed by atoms with Gasteiger partial charge in [-0.05, 0) is 19.4 Å². The number of amides is 1. The van der Waals surface area contributed by atoms with Gasteiger partial charge in [0, 0.05) is 12.7 Å². The van der Waals surface area contributed by atoms with E-state index in [4.69, 9.17) is 4.74 Å². The molecular formula is C14H14FN3O3. The zero-order valence-electron chi connectivity index (χ0n) is 11.4. The molecule has 0 saturated carbocycles.